The van der Waals surface area contributed by atoms with E-state index in [4.69, 9.17) is 0 Å². The van der Waals surface area contributed by atoms with Crippen molar-refractivity contribution < 1.29 is 0 Å². The smallest absolute Gasteiger partial charge is 0.0504 e. The number of hydrogen-bond donors (Lipinski definition) is 1. The van der Waals surface area contributed by atoms with Gasteiger partial charge in [-0.3, -0.25) is 0 Å². The molecule has 1 aromatic rings. The van der Waals surface area contributed by atoms with E-state index in [1.807, 2.05) is 0 Å². The molecule has 0 spiro atoms. The second-order valence-electron chi connectivity index (χ2n) is 6.12. The first-order valence-electron chi connectivity index (χ1n) is 7.20. The molecule has 2 atom stereocenters. The molecule has 1 N–H and O–H groups in total. The first-order valence-corrected chi connectivity index (χ1v) is 7.20. The lowest BCUT2D eigenvalue weighted by Crippen LogP contribution is -2.50. The molecule has 1 rings (SSSR count). The van der Waals surface area contributed by atoms with Gasteiger partial charge in [0.15, 0.2) is 0 Å². The molecule has 0 aliphatic carbocycles. The van der Waals surface area contributed by atoms with Gasteiger partial charge in [0.1, 0.15) is 0 Å². The van der Waals surface area contributed by atoms with Gasteiger partial charge in [-0.15, -0.1) is 0 Å². The molecule has 0 aromatic heterocycles. The second kappa shape index (κ2) is 6.06. The predicted octanol–water partition coefficient (Wildman–Crippen LogP) is 3.60. The van der Waals surface area contributed by atoms with Gasteiger partial charge < -0.3 is 10.2 Å². The zero-order chi connectivity index (χ0) is 14.8. The Morgan fingerprint density at radius 1 is 1.11 bits per heavy atom. The molecule has 0 aliphatic heterocycles. The van der Waals surface area contributed by atoms with Crippen molar-refractivity contribution in [3.05, 3.63) is 34.4 Å². The van der Waals surface area contributed by atoms with Crippen molar-refractivity contribution in [1.82, 2.24) is 10.2 Å². The van der Waals surface area contributed by atoms with Crippen molar-refractivity contribution in [1.29, 1.82) is 0 Å². The molecule has 0 saturated heterocycles. The Morgan fingerprint density at radius 2 is 1.63 bits per heavy atom. The summed E-state index contributed by atoms with van der Waals surface area (Å²) in [5.41, 5.74) is 5.66. The Kier molecular flexibility index (Phi) is 5.17. The molecule has 2 heteroatoms. The lowest BCUT2D eigenvalue weighted by molar-refractivity contribution is 0.116. The number of rotatable bonds is 5. The molecule has 0 radical (unpaired) electrons. The summed E-state index contributed by atoms with van der Waals surface area (Å²) in [5, 5.41) is 3.54. The zero-order valence-corrected chi connectivity index (χ0v) is 13.9. The fourth-order valence-corrected chi connectivity index (χ4v) is 2.87. The quantitative estimate of drug-likeness (QED) is 0.872. The van der Waals surface area contributed by atoms with Crippen LogP contribution in [0.4, 0.5) is 0 Å². The molecule has 0 amide bonds. The summed E-state index contributed by atoms with van der Waals surface area (Å²) in [5.74, 6) is 0. The van der Waals surface area contributed by atoms with Crippen LogP contribution < -0.4 is 5.32 Å². The van der Waals surface area contributed by atoms with E-state index in [-0.39, 0.29) is 5.54 Å². The largest absolute Gasteiger partial charge is 0.311 e. The number of nitrogens with zero attached hydrogens (tertiary/aromatic N) is 1. The highest BCUT2D eigenvalue weighted by Gasteiger charge is 2.35. The van der Waals surface area contributed by atoms with Gasteiger partial charge >= 0.3 is 0 Å². The van der Waals surface area contributed by atoms with Crippen molar-refractivity contribution in [2.45, 2.75) is 52.6 Å². The van der Waals surface area contributed by atoms with Crippen LogP contribution >= 0.6 is 0 Å². The van der Waals surface area contributed by atoms with Gasteiger partial charge in [-0.2, -0.15) is 0 Å². The van der Waals surface area contributed by atoms with Crippen LogP contribution in [0.25, 0.3) is 0 Å². The molecule has 0 fully saturated rings. The van der Waals surface area contributed by atoms with Crippen LogP contribution in [-0.2, 0) is 0 Å². The molecular weight excluding hydrogens is 232 g/mol. The highest BCUT2D eigenvalue weighted by atomic mass is 15.2. The van der Waals surface area contributed by atoms with Gasteiger partial charge in [-0.25, -0.2) is 0 Å². The average Bonchev–Trinajstić information content (AvgIpc) is 2.35. The number of likely N-dealkylation sites (N-methyl/N-ethyl adjacent to an activating group) is 2. The second-order valence-corrected chi connectivity index (χ2v) is 6.12. The molecule has 0 saturated carbocycles. The first-order chi connectivity index (χ1) is 8.77. The van der Waals surface area contributed by atoms with Gasteiger partial charge in [0.05, 0.1) is 6.04 Å². The Morgan fingerprint density at radius 3 is 2.05 bits per heavy atom. The summed E-state index contributed by atoms with van der Waals surface area (Å²) in [7, 11) is 6.41. The van der Waals surface area contributed by atoms with Crippen LogP contribution in [0.15, 0.2) is 12.1 Å². The number of hydrogen-bond acceptors (Lipinski definition) is 2. The summed E-state index contributed by atoms with van der Waals surface area (Å²) in [6, 6.07) is 5.00. The van der Waals surface area contributed by atoms with E-state index in [1.165, 1.54) is 22.3 Å². The topological polar surface area (TPSA) is 15.3 Å². The van der Waals surface area contributed by atoms with Crippen LogP contribution in [-0.4, -0.2) is 31.6 Å². The van der Waals surface area contributed by atoms with Gasteiger partial charge in [-0.05, 0) is 77.5 Å². The Bertz CT molecular complexity index is 437. The van der Waals surface area contributed by atoms with Crippen LogP contribution in [0, 0.1) is 20.8 Å². The fourth-order valence-electron chi connectivity index (χ4n) is 2.87. The minimum absolute atomic E-state index is 0.112. The minimum Gasteiger partial charge on any atom is -0.311 e. The van der Waals surface area contributed by atoms with Crippen LogP contribution in [0.1, 0.15) is 48.6 Å². The number of aryl methyl sites for hydroxylation is 3. The Balaban J connectivity index is 3.35. The van der Waals surface area contributed by atoms with Crippen LogP contribution in [0.3, 0.4) is 0 Å². The van der Waals surface area contributed by atoms with Gasteiger partial charge in [0, 0.05) is 5.54 Å². The minimum atomic E-state index is 0.112. The first kappa shape index (κ1) is 16.2. The lowest BCUT2D eigenvalue weighted by atomic mass is 9.81. The normalized spacial score (nSPS) is 16.5. The summed E-state index contributed by atoms with van der Waals surface area (Å²) in [6.07, 6.45) is 1.11. The monoisotopic (exact) mass is 262 g/mol. The fraction of sp³-hybridized carbons (Fsp3) is 0.647. The third-order valence-electron chi connectivity index (χ3n) is 4.84. The molecular formula is C17H30N2. The SMILES string of the molecule is CCC(C)(C(NC)c1cc(C)c(C)cc1C)N(C)C. The highest BCUT2D eigenvalue weighted by molar-refractivity contribution is 5.39. The molecule has 0 bridgehead atoms. The van der Waals surface area contributed by atoms with E-state index >= 15 is 0 Å². The average molecular weight is 262 g/mol. The van der Waals surface area contributed by atoms with E-state index in [2.05, 4.69) is 78.1 Å². The molecule has 2 nitrogen and oxygen atoms in total. The van der Waals surface area contributed by atoms with E-state index in [0.29, 0.717) is 6.04 Å². The molecule has 108 valence electrons. The maximum Gasteiger partial charge on any atom is 0.0504 e. The number of benzene rings is 1. The van der Waals surface area contributed by atoms with Crippen molar-refractivity contribution in [2.24, 2.45) is 0 Å². The maximum absolute atomic E-state index is 3.54. The maximum atomic E-state index is 3.54. The molecule has 0 aliphatic rings. The zero-order valence-electron chi connectivity index (χ0n) is 13.9. The van der Waals surface area contributed by atoms with Gasteiger partial charge in [-0.1, -0.05) is 19.1 Å². The summed E-state index contributed by atoms with van der Waals surface area (Å²) >= 11 is 0. The summed E-state index contributed by atoms with van der Waals surface area (Å²) in [4.78, 5) is 2.34. The van der Waals surface area contributed by atoms with E-state index in [0.717, 1.165) is 6.42 Å². The van der Waals surface area contributed by atoms with Crippen molar-refractivity contribution in [3.63, 3.8) is 0 Å². The Hall–Kier alpha value is -0.860. The van der Waals surface area contributed by atoms with Crippen molar-refractivity contribution >= 4 is 0 Å². The summed E-state index contributed by atoms with van der Waals surface area (Å²) < 4.78 is 0. The van der Waals surface area contributed by atoms with E-state index in [1.54, 1.807) is 0 Å². The molecule has 19 heavy (non-hydrogen) atoms. The van der Waals surface area contributed by atoms with Gasteiger partial charge in [0.2, 0.25) is 0 Å². The summed E-state index contributed by atoms with van der Waals surface area (Å²) in [6.45, 7) is 11.2. The molecule has 1 aromatic carbocycles. The third-order valence-corrected chi connectivity index (χ3v) is 4.84. The van der Waals surface area contributed by atoms with Crippen LogP contribution in [0.5, 0.6) is 0 Å². The molecule has 0 heterocycles. The standard InChI is InChI=1S/C17H30N2/c1-9-17(5,19(7)8)16(18-6)15-11-13(3)12(2)10-14(15)4/h10-11,16,18H,9H2,1-8H3. The predicted molar refractivity (Wildman–Crippen MR) is 84.8 cm³/mol. The van der Waals surface area contributed by atoms with E-state index in [9.17, 15) is 0 Å². The highest BCUT2D eigenvalue weighted by Crippen LogP contribution is 2.35. The Labute approximate surface area is 119 Å². The van der Waals surface area contributed by atoms with Gasteiger partial charge in [0.25, 0.3) is 0 Å². The van der Waals surface area contributed by atoms with Crippen LogP contribution in [0.2, 0.25) is 0 Å². The lowest BCUT2D eigenvalue weighted by Gasteiger charge is -2.43. The van der Waals surface area contributed by atoms with Crippen molar-refractivity contribution in [3.8, 4) is 0 Å². The number of nitrogens with one attached hydrogen (secondary N) is 1. The molecule has 2 unspecified atom stereocenters. The third kappa shape index (κ3) is 3.01. The van der Waals surface area contributed by atoms with Crippen molar-refractivity contribution in [2.75, 3.05) is 21.1 Å². The van der Waals surface area contributed by atoms with E-state index < -0.39 is 0 Å².